The van der Waals surface area contributed by atoms with E-state index in [2.05, 4.69) is 45.0 Å². The number of rotatable bonds is 3. The summed E-state index contributed by atoms with van der Waals surface area (Å²) in [6.07, 6.45) is 0. The molecule has 0 bridgehead atoms. The third kappa shape index (κ3) is 2.48. The maximum atomic E-state index is 5.78. The zero-order valence-corrected chi connectivity index (χ0v) is 9.49. The molecule has 2 N–H and O–H groups in total. The fraction of sp³-hybridized carbons (Fsp3) is 0.500. The monoisotopic (exact) mass is 192 g/mol. The van der Waals surface area contributed by atoms with Crippen LogP contribution in [0.1, 0.15) is 25.5 Å². The summed E-state index contributed by atoms with van der Waals surface area (Å²) in [6, 6.07) is 8.59. The van der Waals surface area contributed by atoms with Crippen LogP contribution in [0, 0.1) is 5.92 Å². The van der Waals surface area contributed by atoms with Crippen LogP contribution < -0.4 is 5.73 Å². The van der Waals surface area contributed by atoms with Crippen LogP contribution in [-0.4, -0.2) is 19.0 Å². The molecule has 0 saturated carbocycles. The Bertz CT molecular complexity index is 284. The van der Waals surface area contributed by atoms with Gasteiger partial charge in [0.2, 0.25) is 0 Å². The molecule has 0 aromatic heterocycles. The third-order valence-electron chi connectivity index (χ3n) is 2.44. The highest BCUT2D eigenvalue weighted by Crippen LogP contribution is 2.27. The first-order valence-corrected chi connectivity index (χ1v) is 5.04. The number of benzene rings is 1. The molecule has 0 saturated heterocycles. The van der Waals surface area contributed by atoms with Crippen LogP contribution in [0.3, 0.4) is 0 Å². The topological polar surface area (TPSA) is 29.3 Å². The van der Waals surface area contributed by atoms with Crippen LogP contribution in [0.4, 0.5) is 5.69 Å². The maximum Gasteiger partial charge on any atom is 0.0365 e. The van der Waals surface area contributed by atoms with Crippen molar-refractivity contribution in [3.8, 4) is 0 Å². The smallest absolute Gasteiger partial charge is 0.0365 e. The standard InChI is InChI=1S/C12H20N2/c1-9(2)12(14(3)4)10-6-5-7-11(13)8-10/h5-9,12H,13H2,1-4H3. The third-order valence-corrected chi connectivity index (χ3v) is 2.44. The molecule has 0 aliphatic carbocycles. The molecule has 0 aliphatic rings. The fourth-order valence-electron chi connectivity index (χ4n) is 2.02. The van der Waals surface area contributed by atoms with E-state index in [1.54, 1.807) is 0 Å². The summed E-state index contributed by atoms with van der Waals surface area (Å²) in [5.74, 6) is 0.590. The van der Waals surface area contributed by atoms with Crippen molar-refractivity contribution < 1.29 is 0 Å². The van der Waals surface area contributed by atoms with Gasteiger partial charge in [-0.15, -0.1) is 0 Å². The molecule has 0 fully saturated rings. The molecule has 0 heterocycles. The van der Waals surface area contributed by atoms with Crippen molar-refractivity contribution in [1.82, 2.24) is 4.90 Å². The maximum absolute atomic E-state index is 5.78. The molecular weight excluding hydrogens is 172 g/mol. The van der Waals surface area contributed by atoms with Crippen LogP contribution in [-0.2, 0) is 0 Å². The lowest BCUT2D eigenvalue weighted by atomic mass is 9.95. The van der Waals surface area contributed by atoms with Gasteiger partial charge in [0.1, 0.15) is 0 Å². The molecule has 2 nitrogen and oxygen atoms in total. The molecule has 0 aliphatic heterocycles. The van der Waals surface area contributed by atoms with Gasteiger partial charge in [-0.05, 0) is 37.7 Å². The van der Waals surface area contributed by atoms with E-state index >= 15 is 0 Å². The number of nitrogen functional groups attached to an aromatic ring is 1. The predicted octanol–water partition coefficient (Wildman–Crippen LogP) is 2.53. The van der Waals surface area contributed by atoms with E-state index in [1.807, 2.05) is 12.1 Å². The molecule has 0 radical (unpaired) electrons. The molecule has 1 atom stereocenters. The summed E-state index contributed by atoms with van der Waals surface area (Å²) in [7, 11) is 4.21. The van der Waals surface area contributed by atoms with Gasteiger partial charge < -0.3 is 10.6 Å². The Kier molecular flexibility index (Phi) is 3.53. The second-order valence-electron chi connectivity index (χ2n) is 4.32. The molecule has 2 heteroatoms. The Morgan fingerprint density at radius 1 is 1.21 bits per heavy atom. The Morgan fingerprint density at radius 2 is 1.86 bits per heavy atom. The summed E-state index contributed by atoms with van der Waals surface area (Å²) >= 11 is 0. The lowest BCUT2D eigenvalue weighted by Gasteiger charge is -2.28. The summed E-state index contributed by atoms with van der Waals surface area (Å²) in [5.41, 5.74) is 7.92. The fourth-order valence-corrected chi connectivity index (χ4v) is 2.02. The molecule has 1 aromatic carbocycles. The van der Waals surface area contributed by atoms with Crippen LogP contribution in [0.5, 0.6) is 0 Å². The molecule has 14 heavy (non-hydrogen) atoms. The van der Waals surface area contributed by atoms with E-state index in [4.69, 9.17) is 5.73 Å². The summed E-state index contributed by atoms with van der Waals surface area (Å²) in [6.45, 7) is 4.46. The van der Waals surface area contributed by atoms with Crippen molar-refractivity contribution in [3.63, 3.8) is 0 Å². The van der Waals surface area contributed by atoms with Crippen LogP contribution >= 0.6 is 0 Å². The average Bonchev–Trinajstić information content (AvgIpc) is 2.02. The molecule has 1 rings (SSSR count). The summed E-state index contributed by atoms with van der Waals surface area (Å²) < 4.78 is 0. The van der Waals surface area contributed by atoms with E-state index in [9.17, 15) is 0 Å². The first-order valence-electron chi connectivity index (χ1n) is 5.04. The number of hydrogen-bond acceptors (Lipinski definition) is 2. The molecule has 0 spiro atoms. The Hall–Kier alpha value is -1.02. The minimum absolute atomic E-state index is 0.443. The normalized spacial score (nSPS) is 13.6. The van der Waals surface area contributed by atoms with Gasteiger partial charge in [0.25, 0.3) is 0 Å². The van der Waals surface area contributed by atoms with E-state index in [-0.39, 0.29) is 0 Å². The number of hydrogen-bond donors (Lipinski definition) is 1. The highest BCUT2D eigenvalue weighted by molar-refractivity contribution is 5.41. The van der Waals surface area contributed by atoms with Crippen molar-refractivity contribution in [2.75, 3.05) is 19.8 Å². The minimum atomic E-state index is 0.443. The first-order chi connectivity index (χ1) is 6.52. The van der Waals surface area contributed by atoms with E-state index < -0.39 is 0 Å². The van der Waals surface area contributed by atoms with Gasteiger partial charge in [-0.3, -0.25) is 0 Å². The van der Waals surface area contributed by atoms with E-state index in [0.717, 1.165) is 5.69 Å². The quantitative estimate of drug-likeness (QED) is 0.746. The van der Waals surface area contributed by atoms with Crippen LogP contribution in [0.2, 0.25) is 0 Å². The zero-order chi connectivity index (χ0) is 10.7. The molecular formula is C12H20N2. The van der Waals surface area contributed by atoms with Crippen molar-refractivity contribution in [1.29, 1.82) is 0 Å². The number of anilines is 1. The largest absolute Gasteiger partial charge is 0.399 e. The number of nitrogens with zero attached hydrogens (tertiary/aromatic N) is 1. The van der Waals surface area contributed by atoms with E-state index in [0.29, 0.717) is 12.0 Å². The predicted molar refractivity (Wildman–Crippen MR) is 62.1 cm³/mol. The van der Waals surface area contributed by atoms with Crippen LogP contribution in [0.25, 0.3) is 0 Å². The summed E-state index contributed by atoms with van der Waals surface area (Å²) in [4.78, 5) is 2.24. The van der Waals surface area contributed by atoms with Crippen molar-refractivity contribution in [2.45, 2.75) is 19.9 Å². The Balaban J connectivity index is 2.99. The zero-order valence-electron chi connectivity index (χ0n) is 9.49. The van der Waals surface area contributed by atoms with Crippen molar-refractivity contribution >= 4 is 5.69 Å². The minimum Gasteiger partial charge on any atom is -0.399 e. The lowest BCUT2D eigenvalue weighted by Crippen LogP contribution is -2.24. The SMILES string of the molecule is CC(C)C(c1cccc(N)c1)N(C)C. The second kappa shape index (κ2) is 4.47. The highest BCUT2D eigenvalue weighted by Gasteiger charge is 2.17. The Labute approximate surface area is 86.7 Å². The van der Waals surface area contributed by atoms with Gasteiger partial charge in [-0.25, -0.2) is 0 Å². The second-order valence-corrected chi connectivity index (χ2v) is 4.32. The molecule has 1 unspecified atom stereocenters. The van der Waals surface area contributed by atoms with Gasteiger partial charge in [0, 0.05) is 11.7 Å². The average molecular weight is 192 g/mol. The van der Waals surface area contributed by atoms with Gasteiger partial charge in [0.15, 0.2) is 0 Å². The lowest BCUT2D eigenvalue weighted by molar-refractivity contribution is 0.235. The first kappa shape index (κ1) is 11.1. The highest BCUT2D eigenvalue weighted by atomic mass is 15.1. The van der Waals surface area contributed by atoms with E-state index in [1.165, 1.54) is 5.56 Å². The van der Waals surface area contributed by atoms with Crippen molar-refractivity contribution in [2.24, 2.45) is 5.92 Å². The van der Waals surface area contributed by atoms with Crippen molar-refractivity contribution in [3.05, 3.63) is 29.8 Å². The van der Waals surface area contributed by atoms with Gasteiger partial charge in [0.05, 0.1) is 0 Å². The molecule has 78 valence electrons. The Morgan fingerprint density at radius 3 is 2.29 bits per heavy atom. The van der Waals surface area contributed by atoms with Gasteiger partial charge in [-0.2, -0.15) is 0 Å². The summed E-state index contributed by atoms with van der Waals surface area (Å²) in [5, 5.41) is 0. The van der Waals surface area contributed by atoms with Gasteiger partial charge in [-0.1, -0.05) is 26.0 Å². The van der Waals surface area contributed by atoms with Gasteiger partial charge >= 0.3 is 0 Å². The molecule has 0 amide bonds. The number of nitrogens with two attached hydrogens (primary N) is 1. The van der Waals surface area contributed by atoms with Crippen LogP contribution in [0.15, 0.2) is 24.3 Å². The molecule has 1 aromatic rings.